The van der Waals surface area contributed by atoms with Gasteiger partial charge >= 0.3 is 0 Å². The Kier molecular flexibility index (Phi) is 4.67. The predicted octanol–water partition coefficient (Wildman–Crippen LogP) is 3.52. The van der Waals surface area contributed by atoms with E-state index >= 15 is 0 Å². The topological polar surface area (TPSA) is 92.7 Å². The van der Waals surface area contributed by atoms with E-state index in [-0.39, 0.29) is 4.90 Å². The van der Waals surface area contributed by atoms with E-state index in [4.69, 9.17) is 4.98 Å². The molecule has 5 rings (SSSR count). The molecule has 1 aliphatic rings. The summed E-state index contributed by atoms with van der Waals surface area (Å²) in [4.78, 5) is 12.9. The zero-order chi connectivity index (χ0) is 20.7. The lowest BCUT2D eigenvalue weighted by molar-refractivity contribution is 0.371. The van der Waals surface area contributed by atoms with Crippen molar-refractivity contribution in [2.24, 2.45) is 0 Å². The number of hydrogen-bond donors (Lipinski definition) is 2. The first-order chi connectivity index (χ1) is 14.5. The van der Waals surface area contributed by atoms with Crippen molar-refractivity contribution in [3.8, 4) is 11.4 Å². The van der Waals surface area contributed by atoms with Gasteiger partial charge in [-0.1, -0.05) is 18.2 Å². The number of nitrogens with zero attached hydrogens (tertiary/aromatic N) is 3. The zero-order valence-electron chi connectivity index (χ0n) is 16.6. The molecule has 1 aromatic carbocycles. The molecule has 2 N–H and O–H groups in total. The molecule has 0 bridgehead atoms. The molecule has 30 heavy (non-hydrogen) atoms. The Labute approximate surface area is 175 Å². The van der Waals surface area contributed by atoms with E-state index < -0.39 is 10.0 Å². The van der Waals surface area contributed by atoms with Crippen LogP contribution in [0.15, 0.2) is 65.8 Å². The highest BCUT2D eigenvalue weighted by atomic mass is 32.2. The first kappa shape index (κ1) is 19.0. The molecule has 4 aromatic rings. The summed E-state index contributed by atoms with van der Waals surface area (Å²) in [6, 6.07) is 14.3. The molecule has 3 aromatic heterocycles. The van der Waals surface area contributed by atoms with Crippen molar-refractivity contribution in [1.82, 2.24) is 24.2 Å². The molecular formula is C22H23N5O2S. The number of aromatic nitrogens is 4. The number of nitrogens with one attached hydrogen (secondary N) is 2. The van der Waals surface area contributed by atoms with Crippen molar-refractivity contribution in [2.45, 2.75) is 36.6 Å². The monoisotopic (exact) mass is 421 g/mol. The van der Waals surface area contributed by atoms with Crippen LogP contribution in [0.5, 0.6) is 0 Å². The smallest absolute Gasteiger partial charge is 0.268 e. The van der Waals surface area contributed by atoms with Crippen molar-refractivity contribution in [1.29, 1.82) is 0 Å². The molecule has 154 valence electrons. The minimum Gasteiger partial charge on any atom is -0.351 e. The lowest BCUT2D eigenvalue weighted by Crippen LogP contribution is -2.35. The fraction of sp³-hybridized carbons (Fsp3) is 0.273. The highest BCUT2D eigenvalue weighted by Gasteiger charge is 2.24. The van der Waals surface area contributed by atoms with E-state index in [1.165, 1.54) is 3.97 Å². The molecule has 4 heterocycles. The Morgan fingerprint density at radius 3 is 2.77 bits per heavy atom. The van der Waals surface area contributed by atoms with Gasteiger partial charge in [0.05, 0.1) is 33.5 Å². The van der Waals surface area contributed by atoms with Gasteiger partial charge in [-0.3, -0.25) is 0 Å². The summed E-state index contributed by atoms with van der Waals surface area (Å²) >= 11 is 0. The second-order valence-corrected chi connectivity index (χ2v) is 9.61. The van der Waals surface area contributed by atoms with Gasteiger partial charge in [0.2, 0.25) is 0 Å². The Bertz CT molecular complexity index is 1290. The molecule has 0 amide bonds. The summed E-state index contributed by atoms with van der Waals surface area (Å²) in [7, 11) is -3.69. The van der Waals surface area contributed by atoms with E-state index in [0.29, 0.717) is 23.3 Å². The third-order valence-electron chi connectivity index (χ3n) is 5.67. The summed E-state index contributed by atoms with van der Waals surface area (Å²) in [5.41, 5.74) is 2.85. The number of rotatable bonds is 4. The van der Waals surface area contributed by atoms with Crippen LogP contribution in [-0.4, -0.2) is 39.9 Å². The minimum absolute atomic E-state index is 0.251. The van der Waals surface area contributed by atoms with E-state index in [2.05, 4.69) is 22.2 Å². The third-order valence-corrected chi connectivity index (χ3v) is 7.37. The SMILES string of the molecule is CC1CC(c2ncc3[nH]c(-c4cccn4S(=O)(=O)c4ccccc4)cc3n2)CCN1. The van der Waals surface area contributed by atoms with Crippen molar-refractivity contribution in [3.05, 3.63) is 66.7 Å². The van der Waals surface area contributed by atoms with E-state index in [0.717, 1.165) is 36.2 Å². The Morgan fingerprint density at radius 2 is 1.97 bits per heavy atom. The van der Waals surface area contributed by atoms with Crippen molar-refractivity contribution < 1.29 is 8.42 Å². The maximum atomic E-state index is 13.1. The second kappa shape index (κ2) is 7.37. The van der Waals surface area contributed by atoms with E-state index in [1.54, 1.807) is 54.9 Å². The van der Waals surface area contributed by atoms with Gasteiger partial charge < -0.3 is 10.3 Å². The number of H-pyrrole nitrogens is 1. The van der Waals surface area contributed by atoms with Gasteiger partial charge in [0, 0.05) is 18.2 Å². The van der Waals surface area contributed by atoms with Gasteiger partial charge in [-0.15, -0.1) is 0 Å². The summed E-state index contributed by atoms with van der Waals surface area (Å²) in [6.07, 6.45) is 5.40. The number of fused-ring (bicyclic) bond motifs is 1. The van der Waals surface area contributed by atoms with Crippen LogP contribution >= 0.6 is 0 Å². The van der Waals surface area contributed by atoms with Crippen LogP contribution in [0.4, 0.5) is 0 Å². The average molecular weight is 422 g/mol. The maximum absolute atomic E-state index is 13.1. The quantitative estimate of drug-likeness (QED) is 0.526. The standard InChI is InChI=1S/C22H23N5O2S/c1-15-12-16(9-10-23-15)22-24-14-20-18(26-22)13-19(25-20)21-8-5-11-27(21)30(28,29)17-6-3-2-4-7-17/h2-8,11,13-16,23,25H,9-10,12H2,1H3. The van der Waals surface area contributed by atoms with Gasteiger partial charge in [0.25, 0.3) is 10.0 Å². The van der Waals surface area contributed by atoms with Crippen molar-refractivity contribution in [2.75, 3.05) is 6.54 Å². The molecule has 1 fully saturated rings. The first-order valence-corrected chi connectivity index (χ1v) is 11.5. The molecule has 2 atom stereocenters. The molecular weight excluding hydrogens is 398 g/mol. The van der Waals surface area contributed by atoms with Gasteiger partial charge in [-0.2, -0.15) is 0 Å². The lowest BCUT2D eigenvalue weighted by Gasteiger charge is -2.26. The normalized spacial score (nSPS) is 19.9. The minimum atomic E-state index is -3.69. The highest BCUT2D eigenvalue weighted by molar-refractivity contribution is 7.90. The second-order valence-electron chi connectivity index (χ2n) is 7.79. The molecule has 0 saturated carbocycles. The fourth-order valence-electron chi connectivity index (χ4n) is 4.12. The van der Waals surface area contributed by atoms with Gasteiger partial charge in [-0.05, 0) is 56.6 Å². The average Bonchev–Trinajstić information content (AvgIpc) is 3.41. The summed E-state index contributed by atoms with van der Waals surface area (Å²) in [5, 5.41) is 3.45. The number of aromatic amines is 1. The van der Waals surface area contributed by atoms with E-state index in [9.17, 15) is 8.42 Å². The van der Waals surface area contributed by atoms with Gasteiger partial charge in [-0.25, -0.2) is 22.4 Å². The molecule has 1 aliphatic heterocycles. The third kappa shape index (κ3) is 3.32. The van der Waals surface area contributed by atoms with Crippen molar-refractivity contribution in [3.63, 3.8) is 0 Å². The Hall–Kier alpha value is -2.97. The molecule has 0 aliphatic carbocycles. The van der Waals surface area contributed by atoms with Crippen LogP contribution in [0, 0.1) is 0 Å². The molecule has 0 radical (unpaired) electrons. The lowest BCUT2D eigenvalue weighted by atomic mass is 9.92. The summed E-state index contributed by atoms with van der Waals surface area (Å²) in [5.74, 6) is 1.19. The van der Waals surface area contributed by atoms with E-state index in [1.807, 2.05) is 6.07 Å². The van der Waals surface area contributed by atoms with Crippen LogP contribution < -0.4 is 5.32 Å². The Balaban J connectivity index is 1.53. The summed E-state index contributed by atoms with van der Waals surface area (Å²) in [6.45, 7) is 3.15. The fourth-order valence-corrected chi connectivity index (χ4v) is 5.50. The maximum Gasteiger partial charge on any atom is 0.268 e. The van der Waals surface area contributed by atoms with Crippen LogP contribution in [0.2, 0.25) is 0 Å². The first-order valence-electron chi connectivity index (χ1n) is 10.1. The molecule has 1 saturated heterocycles. The van der Waals surface area contributed by atoms with Crippen LogP contribution in [0.25, 0.3) is 22.4 Å². The highest BCUT2D eigenvalue weighted by Crippen LogP contribution is 2.29. The zero-order valence-corrected chi connectivity index (χ0v) is 17.4. The largest absolute Gasteiger partial charge is 0.351 e. The molecule has 7 nitrogen and oxygen atoms in total. The van der Waals surface area contributed by atoms with Crippen LogP contribution in [0.1, 0.15) is 31.5 Å². The molecule has 0 spiro atoms. The van der Waals surface area contributed by atoms with Gasteiger partial charge in [0.15, 0.2) is 0 Å². The molecule has 2 unspecified atom stereocenters. The van der Waals surface area contributed by atoms with Gasteiger partial charge in [0.1, 0.15) is 5.82 Å². The van der Waals surface area contributed by atoms with Crippen LogP contribution in [0.3, 0.4) is 0 Å². The summed E-state index contributed by atoms with van der Waals surface area (Å²) < 4.78 is 27.5. The number of hydrogen-bond acceptors (Lipinski definition) is 5. The molecule has 8 heteroatoms. The van der Waals surface area contributed by atoms with Crippen molar-refractivity contribution >= 4 is 21.1 Å². The number of piperidine rings is 1. The van der Waals surface area contributed by atoms with Crippen LogP contribution in [-0.2, 0) is 10.0 Å². The predicted molar refractivity (Wildman–Crippen MR) is 116 cm³/mol. The Morgan fingerprint density at radius 1 is 1.13 bits per heavy atom. The number of benzene rings is 1.